The van der Waals surface area contributed by atoms with Crippen molar-refractivity contribution >= 4 is 5.91 Å². The minimum Gasteiger partial charge on any atom is -0.350 e. The topological polar surface area (TPSA) is 80.9 Å². The number of aromatic nitrogens is 3. The summed E-state index contributed by atoms with van der Waals surface area (Å²) in [5.74, 6) is -1.85. The third kappa shape index (κ3) is 3.80. The number of alkyl halides is 3. The largest absolute Gasteiger partial charge is 0.471 e. The van der Waals surface area contributed by atoms with Crippen LogP contribution in [0, 0.1) is 5.92 Å². The van der Waals surface area contributed by atoms with Crippen LogP contribution in [-0.2, 0) is 17.5 Å². The fourth-order valence-electron chi connectivity index (χ4n) is 1.50. The van der Waals surface area contributed by atoms with Crippen molar-refractivity contribution in [3.63, 3.8) is 0 Å². The number of carbonyl (C=O) groups is 1. The molecule has 0 radical (unpaired) electrons. The van der Waals surface area contributed by atoms with Crippen molar-refractivity contribution in [2.45, 2.75) is 26.6 Å². The van der Waals surface area contributed by atoms with Crippen molar-refractivity contribution in [3.8, 4) is 11.4 Å². The number of carbonyl (C=O) groups excluding carboxylic acids is 1. The maximum absolute atomic E-state index is 12.4. The number of hydrogen-bond acceptors (Lipinski definition) is 5. The second-order valence-electron chi connectivity index (χ2n) is 4.83. The van der Waals surface area contributed by atoms with Crippen LogP contribution < -0.4 is 5.32 Å². The van der Waals surface area contributed by atoms with E-state index in [1.54, 1.807) is 19.9 Å². The zero-order valence-electron chi connectivity index (χ0n) is 11.8. The van der Waals surface area contributed by atoms with Gasteiger partial charge >= 0.3 is 12.1 Å². The Balaban J connectivity index is 2.06. The lowest BCUT2D eigenvalue weighted by molar-refractivity contribution is -0.159. The Labute approximate surface area is 123 Å². The molecule has 22 heavy (non-hydrogen) atoms. The third-order valence-electron chi connectivity index (χ3n) is 2.72. The number of nitrogens with zero attached hydrogens (tertiary/aromatic N) is 3. The molecule has 2 aromatic rings. The Kier molecular flexibility index (Phi) is 4.43. The summed E-state index contributed by atoms with van der Waals surface area (Å²) in [5.41, 5.74) is 0.857. The van der Waals surface area contributed by atoms with Gasteiger partial charge in [-0.3, -0.25) is 9.78 Å². The van der Waals surface area contributed by atoms with Gasteiger partial charge in [-0.25, -0.2) is 0 Å². The Morgan fingerprint density at radius 2 is 2.09 bits per heavy atom. The summed E-state index contributed by atoms with van der Waals surface area (Å²) >= 11 is 0. The Morgan fingerprint density at radius 1 is 1.36 bits per heavy atom. The molecular weight excluding hydrogens is 301 g/mol. The molecule has 9 heteroatoms. The maximum atomic E-state index is 12.4. The lowest BCUT2D eigenvalue weighted by Gasteiger charge is -2.07. The van der Waals surface area contributed by atoms with Crippen molar-refractivity contribution in [3.05, 3.63) is 29.9 Å². The number of pyridine rings is 1. The summed E-state index contributed by atoms with van der Waals surface area (Å²) < 4.78 is 41.3. The quantitative estimate of drug-likeness (QED) is 0.937. The third-order valence-corrected chi connectivity index (χ3v) is 2.72. The minimum atomic E-state index is -4.68. The van der Waals surface area contributed by atoms with Gasteiger partial charge < -0.3 is 9.84 Å². The molecule has 2 aromatic heterocycles. The summed E-state index contributed by atoms with van der Waals surface area (Å²) in [7, 11) is 0. The van der Waals surface area contributed by atoms with E-state index >= 15 is 0 Å². The summed E-state index contributed by atoms with van der Waals surface area (Å²) in [6, 6.07) is 3.08. The first-order valence-corrected chi connectivity index (χ1v) is 6.41. The van der Waals surface area contributed by atoms with E-state index < -0.39 is 12.1 Å². The summed E-state index contributed by atoms with van der Waals surface area (Å²) in [6.45, 7) is 3.76. The molecule has 2 heterocycles. The molecule has 0 aliphatic rings. The second-order valence-corrected chi connectivity index (χ2v) is 4.83. The van der Waals surface area contributed by atoms with E-state index in [1.165, 1.54) is 12.3 Å². The summed E-state index contributed by atoms with van der Waals surface area (Å²) in [6.07, 6.45) is -3.36. The van der Waals surface area contributed by atoms with Crippen LogP contribution in [0.4, 0.5) is 13.2 Å². The predicted molar refractivity (Wildman–Crippen MR) is 69.2 cm³/mol. The fourth-order valence-corrected chi connectivity index (χ4v) is 1.50. The smallest absolute Gasteiger partial charge is 0.350 e. The van der Waals surface area contributed by atoms with Gasteiger partial charge in [-0.2, -0.15) is 18.2 Å². The Bertz CT molecular complexity index is 650. The lowest BCUT2D eigenvalue weighted by Crippen LogP contribution is -2.27. The molecule has 0 saturated heterocycles. The number of amides is 1. The van der Waals surface area contributed by atoms with Crippen LogP contribution in [0.5, 0.6) is 0 Å². The fraction of sp³-hybridized carbons (Fsp3) is 0.385. The highest BCUT2D eigenvalue weighted by Crippen LogP contribution is 2.29. The molecule has 0 aromatic carbocycles. The second kappa shape index (κ2) is 6.12. The zero-order chi connectivity index (χ0) is 16.3. The van der Waals surface area contributed by atoms with Crippen molar-refractivity contribution in [1.82, 2.24) is 20.4 Å². The number of hydrogen-bond donors (Lipinski definition) is 1. The molecule has 0 bridgehead atoms. The van der Waals surface area contributed by atoms with Crippen molar-refractivity contribution < 1.29 is 22.5 Å². The Morgan fingerprint density at radius 3 is 2.59 bits per heavy atom. The van der Waals surface area contributed by atoms with E-state index in [9.17, 15) is 18.0 Å². The zero-order valence-corrected chi connectivity index (χ0v) is 11.8. The van der Waals surface area contributed by atoms with Crippen molar-refractivity contribution in [2.75, 3.05) is 0 Å². The van der Waals surface area contributed by atoms with Gasteiger partial charge in [0.05, 0.1) is 12.2 Å². The van der Waals surface area contributed by atoms with E-state index in [0.717, 1.165) is 0 Å². The molecule has 2 rings (SSSR count). The van der Waals surface area contributed by atoms with Crippen LogP contribution in [-0.4, -0.2) is 21.0 Å². The molecule has 0 unspecified atom stereocenters. The highest BCUT2D eigenvalue weighted by molar-refractivity contribution is 5.77. The van der Waals surface area contributed by atoms with Gasteiger partial charge in [0.2, 0.25) is 11.7 Å². The number of halogens is 3. The first-order chi connectivity index (χ1) is 10.3. The monoisotopic (exact) mass is 314 g/mol. The standard InChI is InChI=1S/C13H13F3N4O2/c1-7(2)11(21)18-6-9-4-3-8(5-17-9)10-19-12(22-20-10)13(14,15)16/h3-5,7H,6H2,1-2H3,(H,18,21). The van der Waals surface area contributed by atoms with Crippen LogP contribution >= 0.6 is 0 Å². The predicted octanol–water partition coefficient (Wildman–Crippen LogP) is 2.42. The molecule has 6 nitrogen and oxygen atoms in total. The molecule has 0 saturated carbocycles. The first-order valence-electron chi connectivity index (χ1n) is 6.41. The SMILES string of the molecule is CC(C)C(=O)NCc1ccc(-c2noc(C(F)(F)F)n2)cn1. The van der Waals surface area contributed by atoms with Gasteiger partial charge in [-0.15, -0.1) is 0 Å². The first kappa shape index (κ1) is 15.9. The molecule has 0 aliphatic carbocycles. The van der Waals surface area contributed by atoms with Gasteiger partial charge in [0, 0.05) is 17.7 Å². The van der Waals surface area contributed by atoms with E-state index in [0.29, 0.717) is 5.69 Å². The molecule has 118 valence electrons. The lowest BCUT2D eigenvalue weighted by atomic mass is 10.2. The van der Waals surface area contributed by atoms with E-state index in [2.05, 4.69) is 25.0 Å². The van der Waals surface area contributed by atoms with Gasteiger partial charge in [0.1, 0.15) is 0 Å². The van der Waals surface area contributed by atoms with Gasteiger partial charge in [-0.1, -0.05) is 19.0 Å². The highest BCUT2D eigenvalue weighted by Gasteiger charge is 2.38. The summed E-state index contributed by atoms with van der Waals surface area (Å²) in [4.78, 5) is 18.7. The molecular formula is C13H13F3N4O2. The van der Waals surface area contributed by atoms with Gasteiger partial charge in [-0.05, 0) is 12.1 Å². The number of rotatable bonds is 4. The molecule has 0 atom stereocenters. The van der Waals surface area contributed by atoms with Crippen LogP contribution in [0.3, 0.4) is 0 Å². The van der Waals surface area contributed by atoms with E-state index in [1.807, 2.05) is 0 Å². The van der Waals surface area contributed by atoms with Crippen molar-refractivity contribution in [1.29, 1.82) is 0 Å². The van der Waals surface area contributed by atoms with Gasteiger partial charge in [0.25, 0.3) is 0 Å². The molecule has 0 fully saturated rings. The van der Waals surface area contributed by atoms with Gasteiger partial charge in [0.15, 0.2) is 0 Å². The average Bonchev–Trinajstić information content (AvgIpc) is 2.95. The molecule has 0 spiro atoms. The molecule has 0 aliphatic heterocycles. The van der Waals surface area contributed by atoms with Crippen LogP contribution in [0.25, 0.3) is 11.4 Å². The minimum absolute atomic E-state index is 0.112. The summed E-state index contributed by atoms with van der Waals surface area (Å²) in [5, 5.41) is 5.95. The van der Waals surface area contributed by atoms with Crippen LogP contribution in [0.1, 0.15) is 25.4 Å². The highest BCUT2D eigenvalue weighted by atomic mass is 19.4. The molecule has 1 N–H and O–H groups in total. The number of nitrogens with one attached hydrogen (secondary N) is 1. The van der Waals surface area contributed by atoms with Crippen molar-refractivity contribution in [2.24, 2.45) is 5.92 Å². The van der Waals surface area contributed by atoms with E-state index in [4.69, 9.17) is 0 Å². The average molecular weight is 314 g/mol. The van der Waals surface area contributed by atoms with Crippen LogP contribution in [0.2, 0.25) is 0 Å². The van der Waals surface area contributed by atoms with Crippen LogP contribution in [0.15, 0.2) is 22.9 Å². The van der Waals surface area contributed by atoms with E-state index in [-0.39, 0.29) is 29.8 Å². The molecule has 1 amide bonds. The Hall–Kier alpha value is -2.45. The normalized spacial score (nSPS) is 11.7. The maximum Gasteiger partial charge on any atom is 0.471 e.